The fraction of sp³-hybridized carbons (Fsp3) is 0.700. The van der Waals surface area contributed by atoms with E-state index in [0.717, 1.165) is 13.1 Å². The highest BCUT2D eigenvalue weighted by Gasteiger charge is 2.10. The Morgan fingerprint density at radius 1 is 1.54 bits per heavy atom. The van der Waals surface area contributed by atoms with Crippen molar-refractivity contribution in [1.82, 2.24) is 10.2 Å². The maximum atomic E-state index is 11.4. The van der Waals surface area contributed by atoms with Gasteiger partial charge in [-0.25, -0.2) is 4.79 Å². The lowest BCUT2D eigenvalue weighted by Crippen LogP contribution is -2.43. The molecular weight excluding hydrogens is 164 g/mol. The first-order chi connectivity index (χ1) is 6.15. The van der Waals surface area contributed by atoms with Crippen LogP contribution >= 0.6 is 0 Å². The molecule has 3 nitrogen and oxygen atoms in total. The number of urea groups is 1. The Morgan fingerprint density at radius 2 is 2.08 bits per heavy atom. The Labute approximate surface area is 80.5 Å². The van der Waals surface area contributed by atoms with Crippen molar-refractivity contribution in [2.75, 3.05) is 13.1 Å². The second-order valence-corrected chi connectivity index (χ2v) is 2.93. The van der Waals surface area contributed by atoms with Gasteiger partial charge in [-0.15, -0.1) is 12.3 Å². The predicted molar refractivity (Wildman–Crippen MR) is 54.4 cm³/mol. The number of amides is 2. The summed E-state index contributed by atoms with van der Waals surface area (Å²) in [7, 11) is 0. The second-order valence-electron chi connectivity index (χ2n) is 2.93. The highest BCUT2D eigenvalue weighted by Crippen LogP contribution is 1.93. The third kappa shape index (κ3) is 4.41. The molecule has 0 saturated heterocycles. The quantitative estimate of drug-likeness (QED) is 0.656. The molecule has 0 saturated carbocycles. The van der Waals surface area contributed by atoms with Crippen molar-refractivity contribution >= 4 is 6.03 Å². The van der Waals surface area contributed by atoms with Crippen molar-refractivity contribution < 1.29 is 4.79 Å². The fourth-order valence-corrected chi connectivity index (χ4v) is 1.04. The van der Waals surface area contributed by atoms with Gasteiger partial charge in [0.15, 0.2) is 0 Å². The van der Waals surface area contributed by atoms with Gasteiger partial charge in [-0.1, -0.05) is 0 Å². The summed E-state index contributed by atoms with van der Waals surface area (Å²) in [6, 6.07) is 0.0193. The molecule has 1 atom stereocenters. The molecule has 0 aliphatic carbocycles. The third-order valence-electron chi connectivity index (χ3n) is 1.84. The van der Waals surface area contributed by atoms with Crippen LogP contribution in [-0.4, -0.2) is 30.1 Å². The highest BCUT2D eigenvalue weighted by molar-refractivity contribution is 5.74. The summed E-state index contributed by atoms with van der Waals surface area (Å²) < 4.78 is 0. The minimum Gasteiger partial charge on any atom is -0.335 e. The molecule has 2 amide bonds. The molecule has 0 fully saturated rings. The van der Waals surface area contributed by atoms with Crippen molar-refractivity contribution in [3.8, 4) is 12.3 Å². The molecule has 3 heteroatoms. The molecule has 0 aromatic carbocycles. The zero-order chi connectivity index (χ0) is 10.3. The molecule has 74 valence electrons. The number of rotatable bonds is 4. The Kier molecular flexibility index (Phi) is 5.79. The van der Waals surface area contributed by atoms with E-state index in [1.165, 1.54) is 0 Å². The van der Waals surface area contributed by atoms with Gasteiger partial charge < -0.3 is 10.2 Å². The van der Waals surface area contributed by atoms with Crippen LogP contribution in [0.15, 0.2) is 0 Å². The Balaban J connectivity index is 3.91. The summed E-state index contributed by atoms with van der Waals surface area (Å²) in [4.78, 5) is 13.2. The van der Waals surface area contributed by atoms with E-state index in [-0.39, 0.29) is 12.1 Å². The van der Waals surface area contributed by atoms with Gasteiger partial charge in [0.2, 0.25) is 0 Å². The van der Waals surface area contributed by atoms with Gasteiger partial charge in [-0.3, -0.25) is 0 Å². The van der Waals surface area contributed by atoms with Crippen molar-refractivity contribution in [2.24, 2.45) is 0 Å². The van der Waals surface area contributed by atoms with Crippen LogP contribution in [0.3, 0.4) is 0 Å². The Morgan fingerprint density at radius 3 is 2.46 bits per heavy atom. The molecule has 0 aromatic rings. The smallest absolute Gasteiger partial charge is 0.317 e. The molecule has 0 aromatic heterocycles. The van der Waals surface area contributed by atoms with Crippen LogP contribution in [0, 0.1) is 12.3 Å². The summed E-state index contributed by atoms with van der Waals surface area (Å²) in [6.07, 6.45) is 5.71. The lowest BCUT2D eigenvalue weighted by molar-refractivity contribution is 0.200. The number of nitrogens with one attached hydrogen (secondary N) is 1. The lowest BCUT2D eigenvalue weighted by Gasteiger charge is -2.21. The summed E-state index contributed by atoms with van der Waals surface area (Å²) in [6.45, 7) is 7.27. The number of nitrogens with zero attached hydrogens (tertiary/aromatic N) is 1. The van der Waals surface area contributed by atoms with Crippen LogP contribution in [0.25, 0.3) is 0 Å². The lowest BCUT2D eigenvalue weighted by atomic mass is 10.2. The van der Waals surface area contributed by atoms with E-state index in [0.29, 0.717) is 6.42 Å². The first-order valence-electron chi connectivity index (χ1n) is 4.64. The maximum Gasteiger partial charge on any atom is 0.317 e. The van der Waals surface area contributed by atoms with Gasteiger partial charge >= 0.3 is 6.03 Å². The number of hydrogen-bond donors (Lipinski definition) is 1. The predicted octanol–water partition coefficient (Wildman–Crippen LogP) is 1.45. The minimum atomic E-state index is -0.0345. The third-order valence-corrected chi connectivity index (χ3v) is 1.84. The Bertz CT molecular complexity index is 192. The van der Waals surface area contributed by atoms with E-state index in [4.69, 9.17) is 6.42 Å². The highest BCUT2D eigenvalue weighted by atomic mass is 16.2. The fourth-order valence-electron chi connectivity index (χ4n) is 1.04. The van der Waals surface area contributed by atoms with E-state index < -0.39 is 0 Å². The van der Waals surface area contributed by atoms with Crippen molar-refractivity contribution in [3.63, 3.8) is 0 Å². The molecule has 0 bridgehead atoms. The summed E-state index contributed by atoms with van der Waals surface area (Å²) in [5.41, 5.74) is 0. The van der Waals surface area contributed by atoms with Crippen LogP contribution in [-0.2, 0) is 0 Å². The van der Waals surface area contributed by atoms with Gasteiger partial charge in [0.05, 0.1) is 0 Å². The molecule has 0 rings (SSSR count). The Hall–Kier alpha value is -1.17. The van der Waals surface area contributed by atoms with Crippen LogP contribution in [0.2, 0.25) is 0 Å². The largest absolute Gasteiger partial charge is 0.335 e. The van der Waals surface area contributed by atoms with Crippen LogP contribution in [0.4, 0.5) is 4.79 Å². The van der Waals surface area contributed by atoms with Crippen molar-refractivity contribution in [2.45, 2.75) is 33.2 Å². The number of hydrogen-bond acceptors (Lipinski definition) is 1. The van der Waals surface area contributed by atoms with E-state index >= 15 is 0 Å². The molecule has 1 unspecified atom stereocenters. The normalized spacial score (nSPS) is 11.5. The number of carbonyl (C=O) groups is 1. The van der Waals surface area contributed by atoms with Crippen LogP contribution < -0.4 is 5.32 Å². The molecule has 1 N–H and O–H groups in total. The molecule has 0 aliphatic heterocycles. The van der Waals surface area contributed by atoms with Gasteiger partial charge in [0.1, 0.15) is 0 Å². The first-order valence-corrected chi connectivity index (χ1v) is 4.64. The molecule has 0 aliphatic rings. The van der Waals surface area contributed by atoms with E-state index in [1.54, 1.807) is 4.90 Å². The number of carbonyl (C=O) groups excluding carboxylic acids is 1. The SMILES string of the molecule is C#CCC(C)NC(=O)N(CC)CC. The van der Waals surface area contributed by atoms with E-state index in [2.05, 4.69) is 11.2 Å². The van der Waals surface area contributed by atoms with Gasteiger partial charge in [-0.05, 0) is 20.8 Å². The first kappa shape index (κ1) is 11.8. The average molecular weight is 182 g/mol. The topological polar surface area (TPSA) is 32.3 Å². The number of terminal acetylenes is 1. The van der Waals surface area contributed by atoms with Crippen molar-refractivity contribution in [3.05, 3.63) is 0 Å². The summed E-state index contributed by atoms with van der Waals surface area (Å²) >= 11 is 0. The molecular formula is C10H18N2O. The molecule has 0 spiro atoms. The van der Waals surface area contributed by atoms with Gasteiger partial charge in [0.25, 0.3) is 0 Å². The van der Waals surface area contributed by atoms with Crippen LogP contribution in [0.5, 0.6) is 0 Å². The molecule has 13 heavy (non-hydrogen) atoms. The monoisotopic (exact) mass is 182 g/mol. The van der Waals surface area contributed by atoms with Gasteiger partial charge in [-0.2, -0.15) is 0 Å². The second kappa shape index (κ2) is 6.36. The molecule has 0 radical (unpaired) electrons. The van der Waals surface area contributed by atoms with E-state index in [1.807, 2.05) is 20.8 Å². The van der Waals surface area contributed by atoms with Crippen molar-refractivity contribution in [1.29, 1.82) is 0 Å². The minimum absolute atomic E-state index is 0.0345. The zero-order valence-electron chi connectivity index (χ0n) is 8.63. The maximum absolute atomic E-state index is 11.4. The average Bonchev–Trinajstić information content (AvgIpc) is 2.06. The summed E-state index contributed by atoms with van der Waals surface area (Å²) in [5.74, 6) is 2.51. The standard InChI is InChI=1S/C10H18N2O/c1-5-8-9(4)11-10(13)12(6-2)7-3/h1,9H,6-8H2,2-4H3,(H,11,13). The van der Waals surface area contributed by atoms with Gasteiger partial charge in [0, 0.05) is 25.6 Å². The zero-order valence-corrected chi connectivity index (χ0v) is 8.63. The summed E-state index contributed by atoms with van der Waals surface area (Å²) in [5, 5.41) is 2.83. The van der Waals surface area contributed by atoms with Crippen LogP contribution in [0.1, 0.15) is 27.2 Å². The van der Waals surface area contributed by atoms with E-state index in [9.17, 15) is 4.79 Å². The molecule has 0 heterocycles.